The van der Waals surface area contributed by atoms with Crippen molar-refractivity contribution in [3.8, 4) is 11.3 Å². The van der Waals surface area contributed by atoms with Crippen molar-refractivity contribution in [2.75, 3.05) is 58.4 Å². The second-order valence-corrected chi connectivity index (χ2v) is 7.95. The molecule has 28 heavy (non-hydrogen) atoms. The maximum Gasteiger partial charge on any atom is 0.230 e. The highest BCUT2D eigenvalue weighted by molar-refractivity contribution is 5.85. The highest BCUT2D eigenvalue weighted by atomic mass is 16.5. The van der Waals surface area contributed by atoms with Crippen LogP contribution in [0.15, 0.2) is 42.5 Å². The summed E-state index contributed by atoms with van der Waals surface area (Å²) in [6.07, 6.45) is 0. The maximum absolute atomic E-state index is 13.0. The lowest BCUT2D eigenvalue weighted by atomic mass is 9.80. The number of hydrogen-bond acceptors (Lipinski definition) is 6. The topological polar surface area (TPSA) is 70.6 Å². The Kier molecular flexibility index (Phi) is 5.28. The first-order chi connectivity index (χ1) is 13.6. The third-order valence-corrected chi connectivity index (χ3v) is 5.71. The molecular formula is C21H27N5O2. The van der Waals surface area contributed by atoms with Crippen molar-refractivity contribution in [3.05, 3.63) is 42.5 Å². The van der Waals surface area contributed by atoms with E-state index >= 15 is 0 Å². The molecular weight excluding hydrogens is 354 g/mol. The van der Waals surface area contributed by atoms with Crippen LogP contribution in [0.4, 0.5) is 5.82 Å². The molecule has 0 bridgehead atoms. The lowest BCUT2D eigenvalue weighted by molar-refractivity contribution is -0.131. The van der Waals surface area contributed by atoms with E-state index in [1.165, 1.54) is 0 Å². The predicted octanol–water partition coefficient (Wildman–Crippen LogP) is 1.27. The number of aromatic nitrogens is 2. The first-order valence-electron chi connectivity index (χ1n) is 9.73. The van der Waals surface area contributed by atoms with Gasteiger partial charge in [-0.2, -0.15) is 0 Å². The van der Waals surface area contributed by atoms with Gasteiger partial charge in [0.1, 0.15) is 0 Å². The summed E-state index contributed by atoms with van der Waals surface area (Å²) in [4.78, 5) is 17.2. The minimum absolute atomic E-state index is 0.0909. The second-order valence-electron chi connectivity index (χ2n) is 7.95. The van der Waals surface area contributed by atoms with E-state index in [4.69, 9.17) is 4.74 Å². The molecule has 2 fully saturated rings. The van der Waals surface area contributed by atoms with Crippen LogP contribution in [0.2, 0.25) is 0 Å². The molecule has 2 aromatic rings. The molecule has 2 aliphatic heterocycles. The molecule has 1 amide bonds. The highest BCUT2D eigenvalue weighted by Gasteiger charge is 2.56. The van der Waals surface area contributed by atoms with Crippen molar-refractivity contribution in [1.29, 1.82) is 0 Å². The number of anilines is 1. The molecule has 148 valence electrons. The fraction of sp³-hybridized carbons (Fsp3) is 0.476. The molecule has 0 unspecified atom stereocenters. The van der Waals surface area contributed by atoms with Gasteiger partial charge in [0.25, 0.3) is 0 Å². The average molecular weight is 381 g/mol. The van der Waals surface area contributed by atoms with Gasteiger partial charge in [-0.3, -0.25) is 4.79 Å². The largest absolute Gasteiger partial charge is 0.380 e. The third-order valence-electron chi connectivity index (χ3n) is 5.71. The van der Waals surface area contributed by atoms with E-state index in [9.17, 15) is 4.79 Å². The number of benzene rings is 1. The fourth-order valence-corrected chi connectivity index (χ4v) is 4.06. The van der Waals surface area contributed by atoms with Crippen molar-refractivity contribution < 1.29 is 9.53 Å². The summed E-state index contributed by atoms with van der Waals surface area (Å²) in [6.45, 7) is 3.94. The lowest BCUT2D eigenvalue weighted by Crippen LogP contribution is -2.48. The van der Waals surface area contributed by atoms with E-state index in [0.717, 1.165) is 30.2 Å². The molecule has 7 heteroatoms. The maximum atomic E-state index is 13.0. The monoisotopic (exact) mass is 381 g/mol. The summed E-state index contributed by atoms with van der Waals surface area (Å²) in [5, 5.41) is 11.9. The van der Waals surface area contributed by atoms with Crippen LogP contribution in [0.1, 0.15) is 0 Å². The van der Waals surface area contributed by atoms with Crippen LogP contribution in [0.25, 0.3) is 11.3 Å². The number of ether oxygens (including phenoxy) is 1. The summed E-state index contributed by atoms with van der Waals surface area (Å²) >= 11 is 0. The van der Waals surface area contributed by atoms with E-state index in [1.54, 1.807) is 0 Å². The van der Waals surface area contributed by atoms with Gasteiger partial charge in [0.2, 0.25) is 5.91 Å². The van der Waals surface area contributed by atoms with Crippen molar-refractivity contribution >= 4 is 11.7 Å². The number of nitrogens with zero attached hydrogens (tertiary/aromatic N) is 4. The Balaban J connectivity index is 1.46. The van der Waals surface area contributed by atoms with Gasteiger partial charge in [-0.25, -0.2) is 0 Å². The Bertz CT molecular complexity index is 811. The Morgan fingerprint density at radius 1 is 1.25 bits per heavy atom. The van der Waals surface area contributed by atoms with Gasteiger partial charge in [-0.05, 0) is 26.2 Å². The summed E-state index contributed by atoms with van der Waals surface area (Å²) in [6, 6.07) is 14.0. The van der Waals surface area contributed by atoms with Gasteiger partial charge in [0.05, 0.1) is 24.3 Å². The number of carbonyl (C=O) groups is 1. The number of nitrogens with one attached hydrogen (secondary N) is 1. The van der Waals surface area contributed by atoms with Crippen molar-refractivity contribution in [2.24, 2.45) is 11.3 Å². The van der Waals surface area contributed by atoms with E-state index < -0.39 is 5.41 Å². The van der Waals surface area contributed by atoms with Crippen LogP contribution in [0.3, 0.4) is 0 Å². The Morgan fingerprint density at radius 3 is 2.79 bits per heavy atom. The van der Waals surface area contributed by atoms with E-state index in [0.29, 0.717) is 26.3 Å². The molecule has 0 radical (unpaired) electrons. The van der Waals surface area contributed by atoms with Crippen LogP contribution in [-0.4, -0.2) is 74.5 Å². The molecule has 2 aliphatic rings. The van der Waals surface area contributed by atoms with E-state index in [-0.39, 0.29) is 11.8 Å². The van der Waals surface area contributed by atoms with Crippen molar-refractivity contribution in [1.82, 2.24) is 20.4 Å². The zero-order chi connectivity index (χ0) is 19.6. The molecule has 2 saturated heterocycles. The number of hydrogen-bond donors (Lipinski definition) is 1. The number of likely N-dealkylation sites (N-methyl/N-ethyl adjacent to an activating group) is 1. The predicted molar refractivity (Wildman–Crippen MR) is 108 cm³/mol. The first kappa shape index (κ1) is 18.8. The smallest absolute Gasteiger partial charge is 0.230 e. The molecule has 4 rings (SSSR count). The van der Waals surface area contributed by atoms with Crippen LogP contribution in [0.5, 0.6) is 0 Å². The normalized spacial score (nSPS) is 23.8. The Morgan fingerprint density at radius 2 is 2.07 bits per heavy atom. The lowest BCUT2D eigenvalue weighted by Gasteiger charge is -2.26. The minimum atomic E-state index is -0.494. The molecule has 3 heterocycles. The molecule has 1 aromatic carbocycles. The van der Waals surface area contributed by atoms with E-state index in [1.807, 2.05) is 56.6 Å². The molecule has 7 nitrogen and oxygen atoms in total. The fourth-order valence-electron chi connectivity index (χ4n) is 4.06. The zero-order valence-electron chi connectivity index (χ0n) is 16.5. The van der Waals surface area contributed by atoms with Crippen molar-refractivity contribution in [3.63, 3.8) is 0 Å². The molecule has 2 atom stereocenters. The molecule has 0 aliphatic carbocycles. The van der Waals surface area contributed by atoms with Crippen molar-refractivity contribution in [2.45, 2.75) is 0 Å². The Hall–Kier alpha value is -2.51. The van der Waals surface area contributed by atoms with Gasteiger partial charge in [-0.15, -0.1) is 10.2 Å². The van der Waals surface area contributed by atoms with Crippen LogP contribution in [0, 0.1) is 11.3 Å². The summed E-state index contributed by atoms with van der Waals surface area (Å²) in [5.41, 5.74) is 1.40. The van der Waals surface area contributed by atoms with Gasteiger partial charge in [-0.1, -0.05) is 30.3 Å². The Labute approximate surface area is 165 Å². The van der Waals surface area contributed by atoms with Gasteiger partial charge >= 0.3 is 0 Å². The molecule has 1 aromatic heterocycles. The van der Waals surface area contributed by atoms with Gasteiger partial charge in [0.15, 0.2) is 5.82 Å². The quantitative estimate of drug-likeness (QED) is 0.813. The zero-order valence-corrected chi connectivity index (χ0v) is 16.5. The third kappa shape index (κ3) is 3.59. The number of fused-ring (bicyclic) bond motifs is 1. The van der Waals surface area contributed by atoms with Crippen LogP contribution in [-0.2, 0) is 9.53 Å². The average Bonchev–Trinajstić information content (AvgIpc) is 3.27. The number of carbonyl (C=O) groups excluding carboxylic acids is 1. The van der Waals surface area contributed by atoms with Gasteiger partial charge < -0.3 is 19.9 Å². The van der Waals surface area contributed by atoms with Crippen LogP contribution < -0.4 is 10.2 Å². The number of amides is 1. The van der Waals surface area contributed by atoms with Crippen LogP contribution >= 0.6 is 0 Å². The molecule has 1 N–H and O–H groups in total. The molecule has 0 saturated carbocycles. The first-order valence-corrected chi connectivity index (χ1v) is 9.73. The molecule has 0 spiro atoms. The standard InChI is InChI=1S/C21H27N5O2/c1-25(2)11-10-22-20(27)21-14-26(12-17(21)13-28-15-21)19-9-8-18(23-24-19)16-6-4-3-5-7-16/h3-9,17H,10-15H2,1-2H3,(H,22,27)/t17-,21-/m0/s1. The summed E-state index contributed by atoms with van der Waals surface area (Å²) < 4.78 is 5.69. The summed E-state index contributed by atoms with van der Waals surface area (Å²) in [7, 11) is 4.00. The second kappa shape index (κ2) is 7.85. The SMILES string of the molecule is CN(C)CCNC(=O)[C@@]12COC[C@@H]1CN(c1ccc(-c3ccccc3)nn1)C2. The highest BCUT2D eigenvalue weighted by Crippen LogP contribution is 2.42. The number of rotatable bonds is 6. The minimum Gasteiger partial charge on any atom is -0.380 e. The summed E-state index contributed by atoms with van der Waals surface area (Å²) in [5.74, 6) is 1.09. The van der Waals surface area contributed by atoms with E-state index in [2.05, 4.69) is 25.3 Å². The van der Waals surface area contributed by atoms with Gasteiger partial charge in [0, 0.05) is 37.7 Å².